The van der Waals surface area contributed by atoms with Gasteiger partial charge in [0.05, 0.1) is 17.1 Å². The summed E-state index contributed by atoms with van der Waals surface area (Å²) in [6, 6.07) is 106. The lowest BCUT2D eigenvalue weighted by Gasteiger charge is -2.45. The molecule has 0 aliphatic carbocycles. The minimum absolute atomic E-state index is 0.121. The van der Waals surface area contributed by atoms with Gasteiger partial charge in [-0.3, -0.25) is 0 Å². The smallest absolute Gasteiger partial charge is 0.268 e. The fourth-order valence-corrected chi connectivity index (χ4v) is 19.5. The Morgan fingerprint density at radius 1 is 0.354 bits per heavy atom. The van der Waals surface area contributed by atoms with Crippen LogP contribution in [0.2, 0.25) is 0 Å². The normalized spacial score (nSPS) is 13.6. The first-order chi connectivity index (χ1) is 48.8. The molecule has 2 aromatic heterocycles. The monoisotopic (exact) mass is 1310 g/mol. The second-order valence-electron chi connectivity index (χ2n) is 26.6. The molecular weight excluding hydrogens is 1250 g/mol. The van der Waals surface area contributed by atoms with Crippen LogP contribution in [0.4, 0.5) is 96.7 Å². The molecule has 0 spiro atoms. The van der Waals surface area contributed by atoms with Crippen LogP contribution in [0.25, 0.3) is 20.2 Å². The minimum atomic E-state index is -0.187. The standard InChI is InChI=1S/C85H58B3N7O2S2/c1-90-69-50-67-63(87-79-68(89-67)46-60(96-59-36-20-9-21-37-59)47-75(79)95(56-34-18-8-19-35-56)82-61-38-22-24-40-77(61)98-84(82)87)48-64(69)86-65-49-66-71(51-70(65)91(2)73-43-57(42-72(90)80(73)86)93(52-26-10-4-11-27-52)53-28-12-5-13-29-53)92(3)74-44-58(94(54-30-14-6-15-31-54)55-32-16-7-17-33-55)45-76-81(74)88(66)85-83(97-76)62-39-23-25-41-78(62)99-85/h4-51,89H,1-3H3. The van der Waals surface area contributed by atoms with Gasteiger partial charge in [-0.25, -0.2) is 0 Å². The summed E-state index contributed by atoms with van der Waals surface area (Å²) in [6.45, 7) is -0.439. The van der Waals surface area contributed by atoms with Crippen LogP contribution in [0.1, 0.15) is 0 Å². The van der Waals surface area contributed by atoms with Crippen molar-refractivity contribution < 1.29 is 9.47 Å². The van der Waals surface area contributed by atoms with Gasteiger partial charge in [0.1, 0.15) is 23.0 Å². The van der Waals surface area contributed by atoms with Gasteiger partial charge in [0.15, 0.2) is 0 Å². The summed E-state index contributed by atoms with van der Waals surface area (Å²) < 4.78 is 19.3. The van der Waals surface area contributed by atoms with E-state index in [1.807, 2.05) is 53.0 Å². The van der Waals surface area contributed by atoms with E-state index in [1.54, 1.807) is 0 Å². The van der Waals surface area contributed by atoms with E-state index in [9.17, 15) is 0 Å². The number of ether oxygens (including phenoxy) is 2. The van der Waals surface area contributed by atoms with Crippen LogP contribution in [-0.4, -0.2) is 41.3 Å². The van der Waals surface area contributed by atoms with Gasteiger partial charge >= 0.3 is 0 Å². The molecule has 0 amide bonds. The maximum atomic E-state index is 7.44. The quantitative estimate of drug-likeness (QED) is 0.142. The predicted molar refractivity (Wildman–Crippen MR) is 421 cm³/mol. The number of thiophene rings is 2. The Hall–Kier alpha value is -11.8. The molecule has 1 N–H and O–H groups in total. The fourth-order valence-electron chi connectivity index (χ4n) is 17.0. The molecule has 8 heterocycles. The fraction of sp³-hybridized carbons (Fsp3) is 0.0353. The van der Waals surface area contributed by atoms with Crippen molar-refractivity contribution in [1.82, 2.24) is 0 Å². The second kappa shape index (κ2) is 21.6. The molecule has 0 saturated carbocycles. The lowest BCUT2D eigenvalue weighted by molar-refractivity contribution is 0.483. The Morgan fingerprint density at radius 3 is 1.41 bits per heavy atom. The molecule has 466 valence electrons. The third-order valence-corrected chi connectivity index (χ3v) is 23.7. The van der Waals surface area contributed by atoms with E-state index in [4.69, 9.17) is 9.47 Å². The Kier molecular flexibility index (Phi) is 12.3. The number of rotatable bonds is 9. The average Bonchev–Trinajstić information content (AvgIpc) is 1.55. The van der Waals surface area contributed by atoms with Gasteiger partial charge in [-0.15, -0.1) is 22.7 Å². The molecule has 13 aromatic carbocycles. The zero-order valence-corrected chi connectivity index (χ0v) is 55.9. The molecular formula is C85H58B3N7O2S2. The van der Waals surface area contributed by atoms with Crippen LogP contribution in [-0.2, 0) is 0 Å². The number of nitrogens with zero attached hydrogens (tertiary/aromatic N) is 6. The van der Waals surface area contributed by atoms with Crippen molar-refractivity contribution in [3.05, 3.63) is 291 Å². The van der Waals surface area contributed by atoms with E-state index in [2.05, 4.69) is 317 Å². The highest BCUT2D eigenvalue weighted by Crippen LogP contribution is 2.51. The maximum Gasteiger partial charge on any atom is 0.268 e. The lowest BCUT2D eigenvalue weighted by Crippen LogP contribution is -2.66. The molecule has 0 fully saturated rings. The van der Waals surface area contributed by atoms with Crippen LogP contribution < -0.4 is 92.0 Å². The molecule has 6 aliphatic rings. The molecule has 0 unspecified atom stereocenters. The molecule has 9 nitrogen and oxygen atoms in total. The number of para-hydroxylation sites is 6. The highest BCUT2D eigenvalue weighted by Gasteiger charge is 2.50. The van der Waals surface area contributed by atoms with Crippen LogP contribution in [0, 0.1) is 0 Å². The van der Waals surface area contributed by atoms with Crippen molar-refractivity contribution in [3.63, 3.8) is 0 Å². The molecule has 0 bridgehead atoms. The Labute approximate surface area is 583 Å². The number of anilines is 17. The van der Waals surface area contributed by atoms with Crippen molar-refractivity contribution in [2.75, 3.05) is 55.9 Å². The van der Waals surface area contributed by atoms with Crippen LogP contribution in [0.3, 0.4) is 0 Å². The van der Waals surface area contributed by atoms with Gasteiger partial charge in [0, 0.05) is 149 Å². The molecule has 0 saturated heterocycles. The molecule has 99 heavy (non-hydrogen) atoms. The van der Waals surface area contributed by atoms with Gasteiger partial charge in [-0.2, -0.15) is 0 Å². The highest BCUT2D eigenvalue weighted by atomic mass is 32.1. The SMILES string of the molecule is CN1c2cc3c(cc2B2c4sc5ccccc5c4Oc4cc(N(c5ccccc5)c5ccccc5)cc1c42)B1c2cc4c(cc2N(C)c2cc(N(c5ccccc5)c5ccccc5)cc(c21)N3C)Nc1cc(Oc2ccccc2)cc2c1B4c1sc3ccccc3c1N2c1ccccc1. The van der Waals surface area contributed by atoms with Crippen molar-refractivity contribution in [3.8, 4) is 23.0 Å². The van der Waals surface area contributed by atoms with E-state index < -0.39 is 0 Å². The highest BCUT2D eigenvalue weighted by molar-refractivity contribution is 7.34. The van der Waals surface area contributed by atoms with E-state index in [1.165, 1.54) is 74.0 Å². The summed E-state index contributed by atoms with van der Waals surface area (Å²) in [6.07, 6.45) is 0. The van der Waals surface area contributed by atoms with Gasteiger partial charge in [0.2, 0.25) is 0 Å². The Bertz CT molecular complexity index is 5770. The third kappa shape index (κ3) is 8.36. The summed E-state index contributed by atoms with van der Waals surface area (Å²) >= 11 is 3.79. The number of hydrogen-bond acceptors (Lipinski definition) is 11. The van der Waals surface area contributed by atoms with Gasteiger partial charge in [-0.1, -0.05) is 152 Å². The summed E-state index contributed by atoms with van der Waals surface area (Å²) in [5, 5.41) is 6.52. The van der Waals surface area contributed by atoms with Crippen molar-refractivity contribution in [1.29, 1.82) is 0 Å². The van der Waals surface area contributed by atoms with Crippen molar-refractivity contribution >= 4 is 207 Å². The third-order valence-electron chi connectivity index (χ3n) is 21.2. The zero-order chi connectivity index (χ0) is 65.3. The molecule has 0 atom stereocenters. The summed E-state index contributed by atoms with van der Waals surface area (Å²) in [5.41, 5.74) is 27.6. The molecule has 14 heteroatoms. The topological polar surface area (TPSA) is 49.9 Å². The van der Waals surface area contributed by atoms with E-state index in [0.29, 0.717) is 0 Å². The summed E-state index contributed by atoms with van der Waals surface area (Å²) in [7, 11) is 6.84. The van der Waals surface area contributed by atoms with E-state index in [-0.39, 0.29) is 20.1 Å². The summed E-state index contributed by atoms with van der Waals surface area (Å²) in [4.78, 5) is 14.7. The van der Waals surface area contributed by atoms with Crippen molar-refractivity contribution in [2.24, 2.45) is 0 Å². The molecule has 15 aromatic rings. The Morgan fingerprint density at radius 2 is 0.818 bits per heavy atom. The first kappa shape index (κ1) is 56.4. The van der Waals surface area contributed by atoms with Crippen molar-refractivity contribution in [2.45, 2.75) is 0 Å². The maximum absolute atomic E-state index is 7.44. The number of nitrogens with one attached hydrogen (secondary N) is 1. The molecule has 21 rings (SSSR count). The number of fused-ring (bicyclic) bond motifs is 16. The average molecular weight is 1310 g/mol. The van der Waals surface area contributed by atoms with E-state index >= 15 is 0 Å². The Balaban J connectivity index is 0.816. The summed E-state index contributed by atoms with van der Waals surface area (Å²) in [5.74, 6) is 3.36. The lowest BCUT2D eigenvalue weighted by atomic mass is 9.30. The van der Waals surface area contributed by atoms with Crippen LogP contribution in [0.5, 0.6) is 23.0 Å². The first-order valence-electron chi connectivity index (χ1n) is 33.8. The van der Waals surface area contributed by atoms with Crippen LogP contribution in [0.15, 0.2) is 291 Å². The van der Waals surface area contributed by atoms with Gasteiger partial charge in [-0.05, 0) is 160 Å². The first-order valence-corrected chi connectivity index (χ1v) is 35.5. The minimum Gasteiger partial charge on any atom is -0.457 e. The van der Waals surface area contributed by atoms with Gasteiger partial charge < -0.3 is 44.2 Å². The number of hydrogen-bond donors (Lipinski definition) is 1. The number of benzene rings is 13. The van der Waals surface area contributed by atoms with Crippen LogP contribution >= 0.6 is 22.7 Å². The van der Waals surface area contributed by atoms with Gasteiger partial charge in [0.25, 0.3) is 20.1 Å². The largest absolute Gasteiger partial charge is 0.457 e. The predicted octanol–water partition coefficient (Wildman–Crippen LogP) is 16.6. The zero-order valence-electron chi connectivity index (χ0n) is 54.3. The van der Waals surface area contributed by atoms with E-state index in [0.717, 1.165) is 114 Å². The molecule has 0 radical (unpaired) electrons. The molecule has 6 aliphatic heterocycles. The second-order valence-corrected chi connectivity index (χ2v) is 28.7.